The second-order valence-corrected chi connectivity index (χ2v) is 8.52. The lowest BCUT2D eigenvalue weighted by atomic mass is 10.1. The number of aliphatic hydroxyl groups excluding tert-OH is 1. The van der Waals surface area contributed by atoms with Gasteiger partial charge < -0.3 is 15.2 Å². The van der Waals surface area contributed by atoms with E-state index >= 15 is 0 Å². The van der Waals surface area contributed by atoms with Crippen LogP contribution in [0.4, 0.5) is 16.0 Å². The molecule has 1 unspecified atom stereocenters. The Kier molecular flexibility index (Phi) is 5.70. The normalized spacial score (nSPS) is 14.6. The van der Waals surface area contributed by atoms with Gasteiger partial charge in [0.25, 0.3) is 0 Å². The first kappa shape index (κ1) is 21.4. The fourth-order valence-electron chi connectivity index (χ4n) is 3.69. The summed E-state index contributed by atoms with van der Waals surface area (Å²) < 4.78 is 22.0. The molecule has 1 atom stereocenters. The van der Waals surface area contributed by atoms with Crippen LogP contribution in [0, 0.1) is 5.82 Å². The number of anilines is 2. The maximum atomic E-state index is 14.6. The second kappa shape index (κ2) is 8.80. The largest absolute Gasteiger partial charge is 0.491 e. The van der Waals surface area contributed by atoms with Gasteiger partial charge in [-0.1, -0.05) is 18.2 Å². The maximum Gasteiger partial charge on any atom is 0.247 e. The summed E-state index contributed by atoms with van der Waals surface area (Å²) >= 11 is 0. The number of hydrogen-bond acceptors (Lipinski definition) is 6. The average Bonchev–Trinajstić information content (AvgIpc) is 3.49. The molecule has 0 amide bonds. The average molecular weight is 448 g/mol. The van der Waals surface area contributed by atoms with Crippen LogP contribution in [0.25, 0.3) is 16.8 Å². The summed E-state index contributed by atoms with van der Waals surface area (Å²) in [5.74, 6) is 0.673. The summed E-state index contributed by atoms with van der Waals surface area (Å²) in [6.45, 7) is 3.98. The molecule has 0 spiro atoms. The Balaban J connectivity index is 1.37. The molecular weight excluding hydrogens is 421 g/mol. The van der Waals surface area contributed by atoms with Gasteiger partial charge in [-0.25, -0.2) is 8.91 Å². The molecule has 7 nitrogen and oxygen atoms in total. The van der Waals surface area contributed by atoms with Gasteiger partial charge in [-0.15, -0.1) is 5.10 Å². The van der Waals surface area contributed by atoms with E-state index in [0.29, 0.717) is 17.3 Å². The van der Waals surface area contributed by atoms with Crippen molar-refractivity contribution in [2.24, 2.45) is 0 Å². The van der Waals surface area contributed by atoms with Gasteiger partial charge in [0.2, 0.25) is 5.95 Å². The van der Waals surface area contributed by atoms with E-state index in [-0.39, 0.29) is 17.7 Å². The molecule has 170 valence electrons. The monoisotopic (exact) mass is 447 g/mol. The lowest BCUT2D eigenvalue weighted by Crippen LogP contribution is -2.23. The van der Waals surface area contributed by atoms with Crippen molar-refractivity contribution in [1.29, 1.82) is 0 Å². The Morgan fingerprint density at radius 2 is 1.91 bits per heavy atom. The molecular formula is C25H26FN5O2. The van der Waals surface area contributed by atoms with Crippen molar-refractivity contribution in [2.75, 3.05) is 5.32 Å². The van der Waals surface area contributed by atoms with Gasteiger partial charge in [0.15, 0.2) is 5.65 Å². The van der Waals surface area contributed by atoms with Crippen molar-refractivity contribution < 1.29 is 14.2 Å². The van der Waals surface area contributed by atoms with E-state index in [1.165, 1.54) is 6.07 Å². The molecule has 1 aliphatic carbocycles. The van der Waals surface area contributed by atoms with Crippen molar-refractivity contribution in [3.8, 4) is 16.9 Å². The zero-order valence-corrected chi connectivity index (χ0v) is 18.5. The summed E-state index contributed by atoms with van der Waals surface area (Å²) in [4.78, 5) is 4.62. The zero-order valence-electron chi connectivity index (χ0n) is 18.5. The number of rotatable bonds is 8. The highest BCUT2D eigenvalue weighted by molar-refractivity contribution is 5.78. The van der Waals surface area contributed by atoms with Gasteiger partial charge in [-0.3, -0.25) is 5.32 Å². The van der Waals surface area contributed by atoms with E-state index in [9.17, 15) is 9.50 Å². The smallest absolute Gasteiger partial charge is 0.247 e. The first-order valence-electron chi connectivity index (χ1n) is 11.1. The molecule has 0 bridgehead atoms. The molecule has 2 aromatic carbocycles. The first-order valence-corrected chi connectivity index (χ1v) is 11.1. The predicted octanol–water partition coefficient (Wildman–Crippen LogP) is 4.81. The molecule has 3 N–H and O–H groups in total. The SMILES string of the molecule is CC(C)Oc1ccc(-c2cccn3nc(Nc4ccc(C(O)NC5CC5)c(F)c4)nc23)cc1. The molecule has 8 heteroatoms. The minimum absolute atomic E-state index is 0.112. The number of nitrogens with one attached hydrogen (secondary N) is 2. The maximum absolute atomic E-state index is 14.6. The molecule has 1 saturated carbocycles. The van der Waals surface area contributed by atoms with Crippen molar-refractivity contribution >= 4 is 17.3 Å². The minimum Gasteiger partial charge on any atom is -0.491 e. The Labute approximate surface area is 191 Å². The summed E-state index contributed by atoms with van der Waals surface area (Å²) in [6.07, 6.45) is 2.93. The lowest BCUT2D eigenvalue weighted by Gasteiger charge is -2.14. The zero-order chi connectivity index (χ0) is 22.9. The Hall–Kier alpha value is -3.49. The number of ether oxygens (including phenoxy) is 1. The number of fused-ring (bicyclic) bond motifs is 1. The number of aromatic nitrogens is 3. The molecule has 0 radical (unpaired) electrons. The van der Waals surface area contributed by atoms with Crippen LogP contribution < -0.4 is 15.4 Å². The minimum atomic E-state index is -1.01. The Morgan fingerprint density at radius 1 is 1.12 bits per heavy atom. The van der Waals surface area contributed by atoms with Crippen LogP contribution in [-0.4, -0.2) is 31.9 Å². The fourth-order valence-corrected chi connectivity index (χ4v) is 3.69. The van der Waals surface area contributed by atoms with E-state index in [4.69, 9.17) is 4.74 Å². The van der Waals surface area contributed by atoms with E-state index < -0.39 is 12.0 Å². The highest BCUT2D eigenvalue weighted by Gasteiger charge is 2.25. The van der Waals surface area contributed by atoms with Gasteiger partial charge in [-0.2, -0.15) is 4.98 Å². The third kappa shape index (κ3) is 4.81. The highest BCUT2D eigenvalue weighted by atomic mass is 19.1. The molecule has 4 aromatic rings. The van der Waals surface area contributed by atoms with Gasteiger partial charge in [0, 0.05) is 29.1 Å². The van der Waals surface area contributed by atoms with Crippen LogP contribution in [0.2, 0.25) is 0 Å². The van der Waals surface area contributed by atoms with Crippen molar-refractivity contribution in [1.82, 2.24) is 19.9 Å². The van der Waals surface area contributed by atoms with E-state index in [2.05, 4.69) is 20.7 Å². The number of hydrogen-bond donors (Lipinski definition) is 3. The molecule has 0 saturated heterocycles. The molecule has 2 heterocycles. The first-order chi connectivity index (χ1) is 16.0. The quantitative estimate of drug-likeness (QED) is 0.336. The summed E-state index contributed by atoms with van der Waals surface area (Å²) in [5.41, 5.74) is 3.32. The topological polar surface area (TPSA) is 83.7 Å². The van der Waals surface area contributed by atoms with Crippen LogP contribution >= 0.6 is 0 Å². The fraction of sp³-hybridized carbons (Fsp3) is 0.280. The van der Waals surface area contributed by atoms with Crippen LogP contribution in [0.1, 0.15) is 38.5 Å². The van der Waals surface area contributed by atoms with Crippen molar-refractivity contribution in [3.05, 3.63) is 72.2 Å². The van der Waals surface area contributed by atoms with Crippen LogP contribution in [-0.2, 0) is 0 Å². The summed E-state index contributed by atoms with van der Waals surface area (Å²) in [7, 11) is 0. The summed E-state index contributed by atoms with van der Waals surface area (Å²) in [6, 6.07) is 16.6. The predicted molar refractivity (Wildman–Crippen MR) is 125 cm³/mol. The van der Waals surface area contributed by atoms with Crippen LogP contribution in [0.3, 0.4) is 0 Å². The van der Waals surface area contributed by atoms with Crippen molar-refractivity contribution in [2.45, 2.75) is 45.1 Å². The molecule has 33 heavy (non-hydrogen) atoms. The molecule has 5 rings (SSSR count). The number of nitrogens with zero attached hydrogens (tertiary/aromatic N) is 3. The molecule has 1 fully saturated rings. The molecule has 1 aliphatic rings. The van der Waals surface area contributed by atoms with Gasteiger partial charge >= 0.3 is 0 Å². The Morgan fingerprint density at radius 3 is 2.61 bits per heavy atom. The van der Waals surface area contributed by atoms with E-state index in [1.54, 1.807) is 16.6 Å². The van der Waals surface area contributed by atoms with E-state index in [0.717, 1.165) is 29.7 Å². The standard InChI is InChI=1S/C25H26FN5O2/c1-15(2)33-19-10-5-16(6-11-19)20-4-3-13-31-23(20)29-25(30-31)28-18-9-12-21(22(26)14-18)24(32)27-17-7-8-17/h3-6,9-15,17,24,27,32H,7-8H2,1-2H3,(H,28,30). The molecule has 0 aliphatic heterocycles. The number of halogens is 1. The summed E-state index contributed by atoms with van der Waals surface area (Å²) in [5, 5.41) is 20.7. The Bertz CT molecular complexity index is 1270. The van der Waals surface area contributed by atoms with Crippen LogP contribution in [0.5, 0.6) is 5.75 Å². The third-order valence-corrected chi connectivity index (χ3v) is 5.42. The number of benzene rings is 2. The number of pyridine rings is 1. The third-order valence-electron chi connectivity index (χ3n) is 5.42. The number of aliphatic hydroxyl groups is 1. The molecule has 2 aromatic heterocycles. The van der Waals surface area contributed by atoms with Crippen molar-refractivity contribution in [3.63, 3.8) is 0 Å². The van der Waals surface area contributed by atoms with Gasteiger partial charge in [0.05, 0.1) is 6.10 Å². The van der Waals surface area contributed by atoms with Gasteiger partial charge in [0.1, 0.15) is 17.8 Å². The van der Waals surface area contributed by atoms with E-state index in [1.807, 2.05) is 56.4 Å². The highest BCUT2D eigenvalue weighted by Crippen LogP contribution is 2.28. The second-order valence-electron chi connectivity index (χ2n) is 8.52. The van der Waals surface area contributed by atoms with Crippen LogP contribution in [0.15, 0.2) is 60.8 Å². The van der Waals surface area contributed by atoms with Gasteiger partial charge in [-0.05, 0) is 68.7 Å². The lowest BCUT2D eigenvalue weighted by molar-refractivity contribution is 0.133.